The van der Waals surface area contributed by atoms with E-state index in [0.717, 1.165) is 19.4 Å². The normalized spacial score (nSPS) is 17.9. The second-order valence-corrected chi connectivity index (χ2v) is 5.06. The maximum absolute atomic E-state index is 12.1. The van der Waals surface area contributed by atoms with E-state index in [2.05, 4.69) is 10.6 Å². The Morgan fingerprint density at radius 1 is 1.55 bits per heavy atom. The minimum Gasteiger partial charge on any atom is -0.352 e. The number of nitro benzene ring substituents is 1. The Labute approximate surface area is 117 Å². The molecule has 1 unspecified atom stereocenters. The van der Waals surface area contributed by atoms with Crippen LogP contribution in [0.1, 0.15) is 35.2 Å². The lowest BCUT2D eigenvalue weighted by atomic mass is 10.1. The Morgan fingerprint density at radius 2 is 2.35 bits per heavy atom. The average molecular weight is 277 g/mol. The quantitative estimate of drug-likeness (QED) is 0.634. The van der Waals surface area contributed by atoms with Crippen LogP contribution in [-0.4, -0.2) is 30.0 Å². The number of hydrogen-bond acceptors (Lipinski definition) is 4. The maximum atomic E-state index is 12.1. The van der Waals surface area contributed by atoms with E-state index in [-0.39, 0.29) is 17.2 Å². The molecule has 0 saturated carbocycles. The molecule has 2 N–H and O–H groups in total. The lowest BCUT2D eigenvalue weighted by Gasteiger charge is -2.11. The highest BCUT2D eigenvalue weighted by molar-refractivity contribution is 5.99. The van der Waals surface area contributed by atoms with Crippen molar-refractivity contribution in [3.8, 4) is 0 Å². The van der Waals surface area contributed by atoms with Crippen LogP contribution in [0.15, 0.2) is 18.2 Å². The largest absolute Gasteiger partial charge is 0.352 e. The number of carbonyl (C=O) groups is 1. The fourth-order valence-corrected chi connectivity index (χ4v) is 2.55. The molecule has 0 radical (unpaired) electrons. The number of carbonyl (C=O) groups excluding carboxylic acids is 1. The standard InChI is InChI=1S/C14H19N3O3/c1-10-4-2-6-12(17(19)20)13(10)14(18)16-9-7-11-5-3-8-15-11/h2,4,6,11,15H,3,5,7-9H2,1H3,(H,16,18). The number of benzene rings is 1. The number of aryl methyl sites for hydroxylation is 1. The van der Waals surface area contributed by atoms with E-state index in [1.165, 1.54) is 12.5 Å². The van der Waals surface area contributed by atoms with Crippen molar-refractivity contribution < 1.29 is 9.72 Å². The topological polar surface area (TPSA) is 84.3 Å². The average Bonchev–Trinajstić information content (AvgIpc) is 2.91. The third-order valence-electron chi connectivity index (χ3n) is 3.62. The van der Waals surface area contributed by atoms with Crippen LogP contribution in [0.2, 0.25) is 0 Å². The summed E-state index contributed by atoms with van der Waals surface area (Å²) in [5, 5.41) is 17.1. The predicted molar refractivity (Wildman–Crippen MR) is 75.8 cm³/mol. The van der Waals surface area contributed by atoms with Crippen LogP contribution in [0.5, 0.6) is 0 Å². The highest BCUT2D eigenvalue weighted by atomic mass is 16.6. The van der Waals surface area contributed by atoms with Gasteiger partial charge in [0.25, 0.3) is 11.6 Å². The summed E-state index contributed by atoms with van der Waals surface area (Å²) in [5.74, 6) is -0.368. The van der Waals surface area contributed by atoms with Gasteiger partial charge in [0.05, 0.1) is 4.92 Å². The molecule has 1 aromatic carbocycles. The summed E-state index contributed by atoms with van der Waals surface area (Å²) in [6.45, 7) is 3.27. The van der Waals surface area contributed by atoms with Gasteiger partial charge in [0.1, 0.15) is 5.56 Å². The summed E-state index contributed by atoms with van der Waals surface area (Å²) in [5.41, 5.74) is 0.647. The number of hydrogen-bond donors (Lipinski definition) is 2. The van der Waals surface area contributed by atoms with Crippen molar-refractivity contribution in [2.45, 2.75) is 32.2 Å². The molecule has 6 nitrogen and oxygen atoms in total. The molecule has 20 heavy (non-hydrogen) atoms. The van der Waals surface area contributed by atoms with Crippen molar-refractivity contribution in [2.75, 3.05) is 13.1 Å². The molecule has 6 heteroatoms. The first kappa shape index (κ1) is 14.5. The van der Waals surface area contributed by atoms with Crippen LogP contribution in [-0.2, 0) is 0 Å². The Bertz CT molecular complexity index is 510. The molecule has 1 aliphatic heterocycles. The minimum absolute atomic E-state index is 0.138. The van der Waals surface area contributed by atoms with E-state index >= 15 is 0 Å². The minimum atomic E-state index is -0.513. The molecule has 0 bridgehead atoms. The molecule has 1 atom stereocenters. The van der Waals surface area contributed by atoms with Crippen molar-refractivity contribution in [1.82, 2.24) is 10.6 Å². The van der Waals surface area contributed by atoms with Crippen molar-refractivity contribution in [2.24, 2.45) is 0 Å². The summed E-state index contributed by atoms with van der Waals surface area (Å²) >= 11 is 0. The summed E-state index contributed by atoms with van der Waals surface area (Å²) in [7, 11) is 0. The van der Waals surface area contributed by atoms with Gasteiger partial charge in [-0.15, -0.1) is 0 Å². The zero-order chi connectivity index (χ0) is 14.5. The van der Waals surface area contributed by atoms with E-state index < -0.39 is 4.92 Å². The monoisotopic (exact) mass is 277 g/mol. The first-order chi connectivity index (χ1) is 9.59. The van der Waals surface area contributed by atoms with Crippen LogP contribution in [0.4, 0.5) is 5.69 Å². The van der Waals surface area contributed by atoms with Gasteiger partial charge >= 0.3 is 0 Å². The van der Waals surface area contributed by atoms with E-state index in [1.807, 2.05) is 0 Å². The summed E-state index contributed by atoms with van der Waals surface area (Å²) in [6, 6.07) is 5.11. The van der Waals surface area contributed by atoms with Crippen molar-refractivity contribution in [1.29, 1.82) is 0 Å². The molecule has 1 aromatic rings. The number of nitrogens with zero attached hydrogens (tertiary/aromatic N) is 1. The third-order valence-corrected chi connectivity index (χ3v) is 3.62. The van der Waals surface area contributed by atoms with Crippen molar-refractivity contribution >= 4 is 11.6 Å². The van der Waals surface area contributed by atoms with Crippen molar-refractivity contribution in [3.05, 3.63) is 39.4 Å². The van der Waals surface area contributed by atoms with Crippen LogP contribution in [0.25, 0.3) is 0 Å². The van der Waals surface area contributed by atoms with E-state index in [4.69, 9.17) is 0 Å². The van der Waals surface area contributed by atoms with Crippen LogP contribution >= 0.6 is 0 Å². The molecule has 2 rings (SSSR count). The molecule has 0 aromatic heterocycles. The van der Waals surface area contributed by atoms with E-state index in [9.17, 15) is 14.9 Å². The highest BCUT2D eigenvalue weighted by Crippen LogP contribution is 2.21. The summed E-state index contributed by atoms with van der Waals surface area (Å²) < 4.78 is 0. The van der Waals surface area contributed by atoms with Crippen LogP contribution in [0.3, 0.4) is 0 Å². The third kappa shape index (κ3) is 3.33. The molecule has 1 amide bonds. The van der Waals surface area contributed by atoms with Crippen LogP contribution < -0.4 is 10.6 Å². The Hall–Kier alpha value is -1.95. The van der Waals surface area contributed by atoms with Crippen LogP contribution in [0, 0.1) is 17.0 Å². The van der Waals surface area contributed by atoms with Gasteiger partial charge in [-0.3, -0.25) is 14.9 Å². The van der Waals surface area contributed by atoms with Gasteiger partial charge in [-0.1, -0.05) is 12.1 Å². The van der Waals surface area contributed by atoms with Gasteiger partial charge in [-0.05, 0) is 38.3 Å². The highest BCUT2D eigenvalue weighted by Gasteiger charge is 2.22. The molecule has 1 aliphatic rings. The molecule has 1 heterocycles. The molecular weight excluding hydrogens is 258 g/mol. The van der Waals surface area contributed by atoms with Gasteiger partial charge < -0.3 is 10.6 Å². The number of nitro groups is 1. The van der Waals surface area contributed by atoms with Gasteiger partial charge in [-0.25, -0.2) is 0 Å². The Balaban J connectivity index is 1.99. The number of rotatable bonds is 5. The first-order valence-corrected chi connectivity index (χ1v) is 6.85. The van der Waals surface area contributed by atoms with Gasteiger partial charge in [0.15, 0.2) is 0 Å². The second kappa shape index (κ2) is 6.47. The molecule has 1 fully saturated rings. The molecule has 0 spiro atoms. The Morgan fingerprint density at radius 3 is 3.00 bits per heavy atom. The van der Waals surface area contributed by atoms with Gasteiger partial charge in [0, 0.05) is 18.7 Å². The molecular formula is C14H19N3O3. The first-order valence-electron chi connectivity index (χ1n) is 6.85. The van der Waals surface area contributed by atoms with E-state index in [1.54, 1.807) is 19.1 Å². The zero-order valence-electron chi connectivity index (χ0n) is 11.5. The Kier molecular flexibility index (Phi) is 4.68. The van der Waals surface area contributed by atoms with Gasteiger partial charge in [0.2, 0.25) is 0 Å². The molecule has 108 valence electrons. The maximum Gasteiger partial charge on any atom is 0.282 e. The summed E-state index contributed by atoms with van der Waals surface area (Å²) in [6.07, 6.45) is 3.15. The fraction of sp³-hybridized carbons (Fsp3) is 0.500. The van der Waals surface area contributed by atoms with E-state index in [0.29, 0.717) is 18.2 Å². The lowest BCUT2D eigenvalue weighted by molar-refractivity contribution is -0.385. The SMILES string of the molecule is Cc1cccc([N+](=O)[O-])c1C(=O)NCCC1CCCN1. The van der Waals surface area contributed by atoms with Crippen molar-refractivity contribution in [3.63, 3.8) is 0 Å². The van der Waals surface area contributed by atoms with Gasteiger partial charge in [-0.2, -0.15) is 0 Å². The smallest absolute Gasteiger partial charge is 0.282 e. The zero-order valence-corrected chi connectivity index (χ0v) is 11.5. The molecule has 1 saturated heterocycles. The second-order valence-electron chi connectivity index (χ2n) is 5.06. The number of nitrogens with one attached hydrogen (secondary N) is 2. The fourth-order valence-electron chi connectivity index (χ4n) is 2.55. The predicted octanol–water partition coefficient (Wildman–Crippen LogP) is 1.78. The molecule has 0 aliphatic carbocycles. The summed E-state index contributed by atoms with van der Waals surface area (Å²) in [4.78, 5) is 22.6. The number of amides is 1. The lowest BCUT2D eigenvalue weighted by Crippen LogP contribution is -2.31.